The average molecular weight is 280 g/mol. The second kappa shape index (κ2) is 9.89. The van der Waals surface area contributed by atoms with Gasteiger partial charge in [0.05, 0.1) is 0 Å². The lowest BCUT2D eigenvalue weighted by atomic mass is 10.1. The third-order valence-electron chi connectivity index (χ3n) is 3.57. The first-order valence-corrected chi connectivity index (χ1v) is 7.78. The van der Waals surface area contributed by atoms with Crippen LogP contribution in [-0.2, 0) is 6.54 Å². The predicted molar refractivity (Wildman–Crippen MR) is 84.3 cm³/mol. The van der Waals surface area contributed by atoms with Gasteiger partial charge >= 0.3 is 0 Å². The molecule has 0 spiro atoms. The highest BCUT2D eigenvalue weighted by Gasteiger charge is 2.04. The van der Waals surface area contributed by atoms with Crippen LogP contribution in [-0.4, -0.2) is 31.1 Å². The summed E-state index contributed by atoms with van der Waals surface area (Å²) in [5.41, 5.74) is 1.03. The van der Waals surface area contributed by atoms with Crippen molar-refractivity contribution in [2.75, 3.05) is 20.1 Å². The molecule has 0 aliphatic heterocycles. The van der Waals surface area contributed by atoms with E-state index in [1.165, 1.54) is 31.7 Å². The molecule has 20 heavy (non-hydrogen) atoms. The van der Waals surface area contributed by atoms with Crippen LogP contribution in [0.4, 0.5) is 4.39 Å². The van der Waals surface area contributed by atoms with E-state index in [2.05, 4.69) is 31.1 Å². The van der Waals surface area contributed by atoms with Gasteiger partial charge in [-0.1, -0.05) is 38.3 Å². The van der Waals surface area contributed by atoms with Gasteiger partial charge in [-0.25, -0.2) is 4.39 Å². The Balaban J connectivity index is 2.15. The van der Waals surface area contributed by atoms with Gasteiger partial charge in [-0.05, 0) is 38.1 Å². The highest BCUT2D eigenvalue weighted by molar-refractivity contribution is 5.15. The molecule has 1 aromatic rings. The van der Waals surface area contributed by atoms with Gasteiger partial charge in [0, 0.05) is 25.7 Å². The number of benzene rings is 1. The predicted octanol–water partition coefficient (Wildman–Crippen LogP) is 3.82. The normalized spacial score (nSPS) is 12.8. The Labute approximate surface area is 123 Å². The number of nitrogens with one attached hydrogen (secondary N) is 1. The smallest absolute Gasteiger partial charge is 0.123 e. The first-order chi connectivity index (χ1) is 9.61. The van der Waals surface area contributed by atoms with Crippen molar-refractivity contribution in [3.05, 3.63) is 35.6 Å². The van der Waals surface area contributed by atoms with Crippen molar-refractivity contribution in [3.63, 3.8) is 0 Å². The number of rotatable bonds is 10. The molecule has 1 aromatic carbocycles. The van der Waals surface area contributed by atoms with Crippen LogP contribution in [0.25, 0.3) is 0 Å². The molecule has 1 N–H and O–H groups in total. The Kier molecular flexibility index (Phi) is 8.47. The molecule has 0 aromatic heterocycles. The topological polar surface area (TPSA) is 15.3 Å². The van der Waals surface area contributed by atoms with Gasteiger partial charge in [0.15, 0.2) is 0 Å². The summed E-state index contributed by atoms with van der Waals surface area (Å²) < 4.78 is 13.1. The van der Waals surface area contributed by atoms with Crippen molar-refractivity contribution in [3.8, 4) is 0 Å². The third-order valence-corrected chi connectivity index (χ3v) is 3.57. The molecule has 3 heteroatoms. The van der Waals surface area contributed by atoms with Crippen molar-refractivity contribution >= 4 is 0 Å². The first-order valence-electron chi connectivity index (χ1n) is 7.78. The summed E-state index contributed by atoms with van der Waals surface area (Å²) in [7, 11) is 2.08. The lowest BCUT2D eigenvalue weighted by Crippen LogP contribution is -2.34. The average Bonchev–Trinajstić information content (AvgIpc) is 2.39. The Morgan fingerprint density at radius 3 is 2.80 bits per heavy atom. The van der Waals surface area contributed by atoms with Crippen molar-refractivity contribution in [1.29, 1.82) is 0 Å². The summed E-state index contributed by atoms with van der Waals surface area (Å²) in [6, 6.07) is 7.43. The van der Waals surface area contributed by atoms with Crippen LogP contribution in [0.1, 0.15) is 45.1 Å². The molecule has 0 saturated carbocycles. The van der Waals surface area contributed by atoms with Gasteiger partial charge in [-0.2, -0.15) is 0 Å². The molecule has 114 valence electrons. The largest absolute Gasteiger partial charge is 0.313 e. The Bertz CT molecular complexity index is 368. The van der Waals surface area contributed by atoms with E-state index in [1.54, 1.807) is 12.1 Å². The molecule has 1 atom stereocenters. The summed E-state index contributed by atoms with van der Waals surface area (Å²) >= 11 is 0. The van der Waals surface area contributed by atoms with Gasteiger partial charge in [0.25, 0.3) is 0 Å². The molecule has 0 aliphatic rings. The minimum absolute atomic E-state index is 0.154. The highest BCUT2D eigenvalue weighted by Crippen LogP contribution is 2.06. The quantitative estimate of drug-likeness (QED) is 0.656. The van der Waals surface area contributed by atoms with Gasteiger partial charge in [-0.3, -0.25) is 0 Å². The minimum atomic E-state index is -0.154. The zero-order valence-electron chi connectivity index (χ0n) is 13.2. The van der Waals surface area contributed by atoms with Crippen LogP contribution in [0.3, 0.4) is 0 Å². The van der Waals surface area contributed by atoms with Crippen molar-refractivity contribution in [2.45, 2.75) is 52.1 Å². The van der Waals surface area contributed by atoms with E-state index in [4.69, 9.17) is 0 Å². The van der Waals surface area contributed by atoms with E-state index in [1.807, 2.05) is 6.07 Å². The molecule has 0 fully saturated rings. The zero-order chi connectivity index (χ0) is 14.8. The molecular weight excluding hydrogens is 251 g/mol. The van der Waals surface area contributed by atoms with Crippen molar-refractivity contribution in [2.24, 2.45) is 0 Å². The Morgan fingerprint density at radius 1 is 1.30 bits per heavy atom. The van der Waals surface area contributed by atoms with Crippen LogP contribution >= 0.6 is 0 Å². The second-order valence-corrected chi connectivity index (χ2v) is 5.72. The highest BCUT2D eigenvalue weighted by atomic mass is 19.1. The standard InChI is InChI=1S/C17H29FN2/c1-4-5-6-8-15(2)19-11-12-20(3)14-16-9-7-10-17(18)13-16/h7,9-10,13,15,19H,4-6,8,11-12,14H2,1-3H3. The molecule has 1 unspecified atom stereocenters. The summed E-state index contributed by atoms with van der Waals surface area (Å²) in [5.74, 6) is -0.154. The maximum Gasteiger partial charge on any atom is 0.123 e. The van der Waals surface area contributed by atoms with Gasteiger partial charge in [0.1, 0.15) is 5.82 Å². The maximum atomic E-state index is 13.1. The van der Waals surface area contributed by atoms with Gasteiger partial charge < -0.3 is 10.2 Å². The maximum absolute atomic E-state index is 13.1. The SMILES string of the molecule is CCCCCC(C)NCCN(C)Cc1cccc(F)c1. The number of nitrogens with zero attached hydrogens (tertiary/aromatic N) is 1. The molecule has 0 amide bonds. The Morgan fingerprint density at radius 2 is 2.10 bits per heavy atom. The summed E-state index contributed by atoms with van der Waals surface area (Å²) in [6.07, 6.45) is 5.17. The van der Waals surface area contributed by atoms with E-state index < -0.39 is 0 Å². The lowest BCUT2D eigenvalue weighted by molar-refractivity contribution is 0.315. The Hall–Kier alpha value is -0.930. The minimum Gasteiger partial charge on any atom is -0.313 e. The molecule has 0 heterocycles. The molecular formula is C17H29FN2. The van der Waals surface area contributed by atoms with Crippen molar-refractivity contribution in [1.82, 2.24) is 10.2 Å². The van der Waals surface area contributed by atoms with Gasteiger partial charge in [-0.15, -0.1) is 0 Å². The fourth-order valence-electron chi connectivity index (χ4n) is 2.33. The zero-order valence-corrected chi connectivity index (χ0v) is 13.2. The summed E-state index contributed by atoms with van der Waals surface area (Å²) in [5, 5.41) is 3.55. The van der Waals surface area contributed by atoms with E-state index in [9.17, 15) is 4.39 Å². The van der Waals surface area contributed by atoms with Crippen LogP contribution in [0.5, 0.6) is 0 Å². The summed E-state index contributed by atoms with van der Waals surface area (Å²) in [4.78, 5) is 2.22. The van der Waals surface area contributed by atoms with Crippen LogP contribution in [0.2, 0.25) is 0 Å². The fourth-order valence-corrected chi connectivity index (χ4v) is 2.33. The number of halogens is 1. The molecule has 1 rings (SSSR count). The van der Waals surface area contributed by atoms with E-state index in [0.717, 1.165) is 25.2 Å². The number of hydrogen-bond donors (Lipinski definition) is 1. The molecule has 0 radical (unpaired) electrons. The molecule has 2 nitrogen and oxygen atoms in total. The molecule has 0 bridgehead atoms. The van der Waals surface area contributed by atoms with E-state index in [-0.39, 0.29) is 5.82 Å². The monoisotopic (exact) mass is 280 g/mol. The first kappa shape index (κ1) is 17.1. The molecule has 0 aliphatic carbocycles. The van der Waals surface area contributed by atoms with Crippen LogP contribution in [0.15, 0.2) is 24.3 Å². The van der Waals surface area contributed by atoms with Crippen LogP contribution in [0, 0.1) is 5.82 Å². The second-order valence-electron chi connectivity index (χ2n) is 5.72. The van der Waals surface area contributed by atoms with Crippen LogP contribution < -0.4 is 5.32 Å². The third kappa shape index (κ3) is 7.61. The summed E-state index contributed by atoms with van der Waals surface area (Å²) in [6.45, 7) is 7.25. The number of unbranched alkanes of at least 4 members (excludes halogenated alkanes) is 2. The number of hydrogen-bond acceptors (Lipinski definition) is 2. The fraction of sp³-hybridized carbons (Fsp3) is 0.647. The van der Waals surface area contributed by atoms with Crippen molar-refractivity contribution < 1.29 is 4.39 Å². The van der Waals surface area contributed by atoms with Gasteiger partial charge in [0.2, 0.25) is 0 Å². The number of likely N-dealkylation sites (N-methyl/N-ethyl adjacent to an activating group) is 1. The van der Waals surface area contributed by atoms with E-state index >= 15 is 0 Å². The molecule has 0 saturated heterocycles. The lowest BCUT2D eigenvalue weighted by Gasteiger charge is -2.19. The van der Waals surface area contributed by atoms with E-state index in [0.29, 0.717) is 6.04 Å².